The zero-order valence-corrected chi connectivity index (χ0v) is 10.5. The van der Waals surface area contributed by atoms with Crippen LogP contribution in [-0.2, 0) is 0 Å². The molecule has 0 N–H and O–H groups in total. The normalized spacial score (nSPS) is 24.1. The van der Waals surface area contributed by atoms with Gasteiger partial charge >= 0.3 is 0 Å². The van der Waals surface area contributed by atoms with Gasteiger partial charge in [-0.2, -0.15) is 0 Å². The van der Waals surface area contributed by atoms with Crippen LogP contribution < -0.4 is 0 Å². The first-order chi connectivity index (χ1) is 6.97. The second-order valence-electron chi connectivity index (χ2n) is 3.00. The van der Waals surface area contributed by atoms with Gasteiger partial charge in [0.25, 0.3) is 0 Å². The predicted molar refractivity (Wildman–Crippen MR) is 69.9 cm³/mol. The molecule has 1 aliphatic heterocycles. The van der Waals surface area contributed by atoms with Crippen molar-refractivity contribution in [3.8, 4) is 0 Å². The van der Waals surface area contributed by atoms with Crippen molar-refractivity contribution < 1.29 is 0 Å². The maximum Gasteiger partial charge on any atom is 0.0136 e. The monoisotopic (exact) mass is 236 g/mol. The first-order valence-electron chi connectivity index (χ1n) is 4.63. The van der Waals surface area contributed by atoms with Crippen molar-refractivity contribution in [3.05, 3.63) is 48.0 Å². The summed E-state index contributed by atoms with van der Waals surface area (Å²) >= 11 is 0. The van der Waals surface area contributed by atoms with Gasteiger partial charge in [-0.15, -0.1) is 0 Å². The summed E-state index contributed by atoms with van der Waals surface area (Å²) in [6.45, 7) is 0. The molecule has 0 saturated heterocycles. The molecule has 1 aromatic carbocycles. The Morgan fingerprint density at radius 1 is 1.07 bits per heavy atom. The van der Waals surface area contributed by atoms with Gasteiger partial charge in [-0.1, -0.05) is 50.4 Å². The van der Waals surface area contributed by atoms with E-state index in [4.69, 9.17) is 0 Å². The molecule has 14 heavy (non-hydrogen) atoms. The van der Waals surface area contributed by atoms with Crippen molar-refractivity contribution in [1.29, 1.82) is 0 Å². The first-order valence-corrected chi connectivity index (χ1v) is 8.91. The molecule has 2 rings (SSSR count). The van der Waals surface area contributed by atoms with E-state index in [1.165, 1.54) is 38.9 Å². The molecule has 0 aliphatic carbocycles. The lowest BCUT2D eigenvalue weighted by molar-refractivity contribution is 1.25. The lowest BCUT2D eigenvalue weighted by Gasteiger charge is -2.01. The van der Waals surface area contributed by atoms with E-state index in [0.29, 0.717) is 0 Å². The molecule has 0 bridgehead atoms. The molecule has 0 fully saturated rings. The van der Waals surface area contributed by atoms with E-state index in [9.17, 15) is 0 Å². The van der Waals surface area contributed by atoms with Gasteiger partial charge in [-0.25, -0.2) is 0 Å². The second kappa shape index (κ2) is 5.57. The van der Waals surface area contributed by atoms with E-state index >= 15 is 0 Å². The van der Waals surface area contributed by atoms with Crippen LogP contribution in [0.25, 0.3) is 0 Å². The quantitative estimate of drug-likeness (QED) is 0.612. The summed E-state index contributed by atoms with van der Waals surface area (Å²) in [6, 6.07) is 10.7. The molecule has 1 heterocycles. The lowest BCUT2D eigenvalue weighted by atomic mass is 10.1. The number of hydrogen-bond donors (Lipinski definition) is 0. The third-order valence-electron chi connectivity index (χ3n) is 1.96. The Bertz CT molecular complexity index is 377. The molecular formula is C11H11P3. The Labute approximate surface area is 89.5 Å². The molecule has 0 amide bonds. The van der Waals surface area contributed by atoms with Crippen LogP contribution in [0.5, 0.6) is 0 Å². The highest BCUT2D eigenvalue weighted by Crippen LogP contribution is 2.34. The summed E-state index contributed by atoms with van der Waals surface area (Å²) in [5.41, 5.74) is 1.37. The minimum atomic E-state index is 1.22. The van der Waals surface area contributed by atoms with Gasteiger partial charge in [-0.3, -0.25) is 0 Å². The van der Waals surface area contributed by atoms with Crippen LogP contribution in [0.3, 0.4) is 0 Å². The molecule has 70 valence electrons. The number of rotatable bonds is 1. The summed E-state index contributed by atoms with van der Waals surface area (Å²) in [6.07, 6.45) is 7.13. The average molecular weight is 236 g/mol. The average Bonchev–Trinajstić information content (AvgIpc) is 2.18. The van der Waals surface area contributed by atoms with E-state index in [0.717, 1.165) is 0 Å². The zero-order chi connectivity index (χ0) is 9.64. The summed E-state index contributed by atoms with van der Waals surface area (Å²) in [7, 11) is 4.53. The zero-order valence-electron chi connectivity index (χ0n) is 7.80. The number of hydrogen-bond acceptors (Lipinski definition) is 0. The largest absolute Gasteiger partial charge is 0.0829 e. The standard InChI is InChI=1S/C11H11P3/c1-2-6-10(7-3-1)11-8-4-5-9-12-14-13-11/h1-4,6-8H,5,9H2/b8-4-. The fourth-order valence-electron chi connectivity index (χ4n) is 1.25. The van der Waals surface area contributed by atoms with Crippen molar-refractivity contribution in [3.63, 3.8) is 0 Å². The van der Waals surface area contributed by atoms with E-state index in [2.05, 4.69) is 42.5 Å². The van der Waals surface area contributed by atoms with E-state index < -0.39 is 0 Å². The van der Waals surface area contributed by atoms with Crippen LogP contribution in [0.1, 0.15) is 12.0 Å². The Morgan fingerprint density at radius 3 is 2.79 bits per heavy atom. The van der Waals surface area contributed by atoms with Crippen LogP contribution >= 0.6 is 23.3 Å². The van der Waals surface area contributed by atoms with E-state index in [-0.39, 0.29) is 0 Å². The molecule has 0 nitrogen and oxygen atoms in total. The molecule has 1 aromatic rings. The fraction of sp³-hybridized carbons (Fsp3) is 0.182. The minimum absolute atomic E-state index is 1.22. The molecule has 3 heteroatoms. The smallest absolute Gasteiger partial charge is 0.0136 e. The van der Waals surface area contributed by atoms with Crippen LogP contribution in [0.2, 0.25) is 0 Å². The maximum absolute atomic E-state index is 2.30. The Balaban J connectivity index is 2.32. The van der Waals surface area contributed by atoms with Gasteiger partial charge in [0.15, 0.2) is 0 Å². The molecular weight excluding hydrogens is 225 g/mol. The Morgan fingerprint density at radius 2 is 1.93 bits per heavy atom. The van der Waals surface area contributed by atoms with Crippen molar-refractivity contribution in [2.45, 2.75) is 6.42 Å². The van der Waals surface area contributed by atoms with Crippen molar-refractivity contribution in [1.82, 2.24) is 0 Å². The fourth-order valence-corrected chi connectivity index (χ4v) is 6.08. The van der Waals surface area contributed by atoms with Crippen LogP contribution in [0, 0.1) is 0 Å². The van der Waals surface area contributed by atoms with Gasteiger partial charge in [-0.05, 0) is 33.6 Å². The summed E-state index contributed by atoms with van der Waals surface area (Å²) in [5, 5.41) is 1.46. The molecule has 0 unspecified atom stereocenters. The SMILES string of the molecule is C1=C/C(c2ccccc2)=P\P=P/CC\1. The van der Waals surface area contributed by atoms with Crippen LogP contribution in [-0.4, -0.2) is 11.5 Å². The van der Waals surface area contributed by atoms with Gasteiger partial charge in [0, 0.05) is 5.29 Å². The van der Waals surface area contributed by atoms with Crippen LogP contribution in [0.4, 0.5) is 0 Å². The molecule has 0 radical (unpaired) electrons. The number of allylic oxidation sites excluding steroid dienone is 2. The van der Waals surface area contributed by atoms with Crippen LogP contribution in [0.15, 0.2) is 42.5 Å². The second-order valence-corrected chi connectivity index (χ2v) is 8.18. The van der Waals surface area contributed by atoms with Crippen molar-refractivity contribution >= 4 is 28.6 Å². The molecule has 0 spiro atoms. The molecule has 0 atom stereocenters. The Kier molecular flexibility index (Phi) is 4.08. The highest BCUT2D eigenvalue weighted by atomic mass is 32.2. The number of benzene rings is 1. The highest BCUT2D eigenvalue weighted by Gasteiger charge is 1.97. The third-order valence-corrected chi connectivity index (χ3v) is 7.09. The molecule has 0 saturated carbocycles. The van der Waals surface area contributed by atoms with E-state index in [1.54, 1.807) is 7.87 Å². The maximum atomic E-state index is 2.30. The van der Waals surface area contributed by atoms with Crippen molar-refractivity contribution in [2.75, 3.05) is 6.16 Å². The summed E-state index contributed by atoms with van der Waals surface area (Å²) < 4.78 is 0. The summed E-state index contributed by atoms with van der Waals surface area (Å²) in [5.74, 6) is 0. The molecule has 1 aliphatic rings. The van der Waals surface area contributed by atoms with Gasteiger partial charge in [0.05, 0.1) is 0 Å². The van der Waals surface area contributed by atoms with Crippen molar-refractivity contribution in [2.24, 2.45) is 0 Å². The van der Waals surface area contributed by atoms with Gasteiger partial charge < -0.3 is 0 Å². The highest BCUT2D eigenvalue weighted by molar-refractivity contribution is 8.24. The minimum Gasteiger partial charge on any atom is -0.0829 e. The predicted octanol–water partition coefficient (Wildman–Crippen LogP) is 4.84. The summed E-state index contributed by atoms with van der Waals surface area (Å²) in [4.78, 5) is 0. The van der Waals surface area contributed by atoms with E-state index in [1.807, 2.05) is 0 Å². The molecule has 0 aromatic heterocycles. The Hall–Kier alpha value is -0.270. The van der Waals surface area contributed by atoms with Gasteiger partial charge in [0.2, 0.25) is 0 Å². The lowest BCUT2D eigenvalue weighted by Crippen LogP contribution is -1.91. The van der Waals surface area contributed by atoms with Gasteiger partial charge in [0.1, 0.15) is 0 Å². The third kappa shape index (κ3) is 2.86. The first kappa shape index (κ1) is 10.3. The topological polar surface area (TPSA) is 0 Å².